The van der Waals surface area contributed by atoms with Crippen molar-refractivity contribution in [3.05, 3.63) is 30.5 Å². The molecule has 1 saturated heterocycles. The maximum absolute atomic E-state index is 4.75. The van der Waals surface area contributed by atoms with Crippen LogP contribution in [0, 0.1) is 5.41 Å². The molecule has 0 saturated carbocycles. The van der Waals surface area contributed by atoms with E-state index in [1.54, 1.807) is 0 Å². The zero-order chi connectivity index (χ0) is 14.2. The molecular weight excluding hydrogens is 248 g/mol. The predicted molar refractivity (Wildman–Crippen MR) is 83.0 cm³/mol. The third-order valence-corrected chi connectivity index (χ3v) is 3.98. The SMILES string of the molecule is CC(C)(C)[C@@H]1CN(c2cnc3ccccc3n2)CCN1. The van der Waals surface area contributed by atoms with Gasteiger partial charge in [0.1, 0.15) is 5.82 Å². The summed E-state index contributed by atoms with van der Waals surface area (Å²) in [5.41, 5.74) is 2.18. The van der Waals surface area contributed by atoms with Gasteiger partial charge in [-0.25, -0.2) is 4.98 Å². The van der Waals surface area contributed by atoms with E-state index < -0.39 is 0 Å². The summed E-state index contributed by atoms with van der Waals surface area (Å²) in [6.45, 7) is 9.80. The zero-order valence-electron chi connectivity index (χ0n) is 12.4. The number of anilines is 1. The lowest BCUT2D eigenvalue weighted by molar-refractivity contribution is 0.253. The van der Waals surface area contributed by atoms with Gasteiger partial charge in [-0.1, -0.05) is 32.9 Å². The van der Waals surface area contributed by atoms with Crippen LogP contribution in [0.2, 0.25) is 0 Å². The number of para-hydroxylation sites is 2. The molecule has 1 atom stereocenters. The van der Waals surface area contributed by atoms with E-state index in [0.29, 0.717) is 6.04 Å². The van der Waals surface area contributed by atoms with Gasteiger partial charge < -0.3 is 10.2 Å². The summed E-state index contributed by atoms with van der Waals surface area (Å²) in [5, 5.41) is 3.61. The number of benzene rings is 1. The Morgan fingerprint density at radius 3 is 2.70 bits per heavy atom. The minimum absolute atomic E-state index is 0.253. The number of hydrogen-bond acceptors (Lipinski definition) is 4. The molecule has 0 spiro atoms. The van der Waals surface area contributed by atoms with Gasteiger partial charge in [-0.05, 0) is 17.5 Å². The van der Waals surface area contributed by atoms with E-state index in [-0.39, 0.29) is 5.41 Å². The van der Waals surface area contributed by atoms with Crippen LogP contribution in [0.4, 0.5) is 5.82 Å². The molecule has 1 aliphatic heterocycles. The van der Waals surface area contributed by atoms with Gasteiger partial charge in [0.05, 0.1) is 17.2 Å². The lowest BCUT2D eigenvalue weighted by Gasteiger charge is -2.40. The molecule has 2 aromatic rings. The molecule has 0 radical (unpaired) electrons. The molecule has 4 heteroatoms. The van der Waals surface area contributed by atoms with E-state index >= 15 is 0 Å². The van der Waals surface area contributed by atoms with Gasteiger partial charge in [-0.15, -0.1) is 0 Å². The molecule has 0 unspecified atom stereocenters. The molecule has 1 N–H and O–H groups in total. The summed E-state index contributed by atoms with van der Waals surface area (Å²) in [6.07, 6.45) is 1.90. The first-order chi connectivity index (χ1) is 9.54. The quantitative estimate of drug-likeness (QED) is 0.864. The van der Waals surface area contributed by atoms with Crippen molar-refractivity contribution in [3.63, 3.8) is 0 Å². The highest BCUT2D eigenvalue weighted by Crippen LogP contribution is 2.24. The van der Waals surface area contributed by atoms with Gasteiger partial charge in [0, 0.05) is 25.7 Å². The standard InChI is InChI=1S/C16H22N4/c1-16(2,3)14-11-20(9-8-17-14)15-10-18-12-6-4-5-7-13(12)19-15/h4-7,10,14,17H,8-9,11H2,1-3H3/t14-/m0/s1. The summed E-state index contributed by atoms with van der Waals surface area (Å²) in [4.78, 5) is 11.6. The molecule has 2 heterocycles. The molecule has 1 aromatic heterocycles. The summed E-state index contributed by atoms with van der Waals surface area (Å²) in [6, 6.07) is 8.51. The monoisotopic (exact) mass is 270 g/mol. The largest absolute Gasteiger partial charge is 0.352 e. The van der Waals surface area contributed by atoms with Crippen LogP contribution in [0.3, 0.4) is 0 Å². The summed E-state index contributed by atoms with van der Waals surface area (Å²) in [7, 11) is 0. The van der Waals surface area contributed by atoms with Crippen molar-refractivity contribution in [2.24, 2.45) is 5.41 Å². The number of hydrogen-bond donors (Lipinski definition) is 1. The topological polar surface area (TPSA) is 41.1 Å². The van der Waals surface area contributed by atoms with Crippen molar-refractivity contribution in [3.8, 4) is 0 Å². The Morgan fingerprint density at radius 2 is 1.95 bits per heavy atom. The normalized spacial score (nSPS) is 20.4. The maximum Gasteiger partial charge on any atom is 0.147 e. The van der Waals surface area contributed by atoms with Gasteiger partial charge >= 0.3 is 0 Å². The Bertz CT molecular complexity index is 603. The molecule has 1 aliphatic rings. The maximum atomic E-state index is 4.75. The van der Waals surface area contributed by atoms with Gasteiger partial charge in [0.15, 0.2) is 0 Å². The second kappa shape index (κ2) is 5.02. The van der Waals surface area contributed by atoms with Crippen LogP contribution in [0.5, 0.6) is 0 Å². The van der Waals surface area contributed by atoms with E-state index in [0.717, 1.165) is 36.5 Å². The van der Waals surface area contributed by atoms with E-state index in [1.807, 2.05) is 30.5 Å². The number of rotatable bonds is 1. The van der Waals surface area contributed by atoms with Crippen LogP contribution >= 0.6 is 0 Å². The van der Waals surface area contributed by atoms with Crippen molar-refractivity contribution in [2.45, 2.75) is 26.8 Å². The number of aromatic nitrogens is 2. The number of fused-ring (bicyclic) bond motifs is 1. The Balaban J connectivity index is 1.87. The van der Waals surface area contributed by atoms with E-state index in [4.69, 9.17) is 4.98 Å². The van der Waals surface area contributed by atoms with E-state index in [9.17, 15) is 0 Å². The van der Waals surface area contributed by atoms with Crippen molar-refractivity contribution in [1.82, 2.24) is 15.3 Å². The second-order valence-electron chi connectivity index (χ2n) is 6.54. The Hall–Kier alpha value is -1.68. The van der Waals surface area contributed by atoms with Crippen LogP contribution in [-0.4, -0.2) is 35.6 Å². The molecular formula is C16H22N4. The average molecular weight is 270 g/mol. The van der Waals surface area contributed by atoms with Crippen molar-refractivity contribution >= 4 is 16.9 Å². The fourth-order valence-electron chi connectivity index (χ4n) is 2.64. The minimum Gasteiger partial charge on any atom is -0.352 e. The number of nitrogens with zero attached hydrogens (tertiary/aromatic N) is 3. The van der Waals surface area contributed by atoms with E-state index in [2.05, 4.69) is 36.0 Å². The van der Waals surface area contributed by atoms with Crippen LogP contribution in [0.1, 0.15) is 20.8 Å². The van der Waals surface area contributed by atoms with Crippen LogP contribution in [-0.2, 0) is 0 Å². The zero-order valence-corrected chi connectivity index (χ0v) is 12.4. The van der Waals surface area contributed by atoms with Crippen molar-refractivity contribution < 1.29 is 0 Å². The molecule has 106 valence electrons. The molecule has 1 aromatic carbocycles. The molecule has 0 aliphatic carbocycles. The Morgan fingerprint density at radius 1 is 1.20 bits per heavy atom. The van der Waals surface area contributed by atoms with Crippen molar-refractivity contribution in [1.29, 1.82) is 0 Å². The molecule has 0 amide bonds. The molecule has 0 bridgehead atoms. The third-order valence-electron chi connectivity index (χ3n) is 3.98. The van der Waals surface area contributed by atoms with Gasteiger partial charge in [-0.3, -0.25) is 4.98 Å². The van der Waals surface area contributed by atoms with Crippen molar-refractivity contribution in [2.75, 3.05) is 24.5 Å². The average Bonchev–Trinajstić information content (AvgIpc) is 2.46. The number of piperazine rings is 1. The smallest absolute Gasteiger partial charge is 0.147 e. The summed E-state index contributed by atoms with van der Waals surface area (Å²) in [5.74, 6) is 0.986. The highest BCUT2D eigenvalue weighted by atomic mass is 15.3. The highest BCUT2D eigenvalue weighted by molar-refractivity contribution is 5.75. The fourth-order valence-corrected chi connectivity index (χ4v) is 2.64. The lowest BCUT2D eigenvalue weighted by Crippen LogP contribution is -2.56. The van der Waals surface area contributed by atoms with E-state index in [1.165, 1.54) is 0 Å². The second-order valence-corrected chi connectivity index (χ2v) is 6.54. The fraction of sp³-hybridized carbons (Fsp3) is 0.500. The van der Waals surface area contributed by atoms with Gasteiger partial charge in [0.2, 0.25) is 0 Å². The van der Waals surface area contributed by atoms with Gasteiger partial charge in [0.25, 0.3) is 0 Å². The van der Waals surface area contributed by atoms with Gasteiger partial charge in [-0.2, -0.15) is 0 Å². The minimum atomic E-state index is 0.253. The van der Waals surface area contributed by atoms with Crippen LogP contribution in [0.15, 0.2) is 30.5 Å². The Kier molecular flexibility index (Phi) is 3.34. The first-order valence-electron chi connectivity index (χ1n) is 7.24. The lowest BCUT2D eigenvalue weighted by atomic mass is 9.85. The Labute approximate surface area is 120 Å². The first kappa shape index (κ1) is 13.3. The summed E-state index contributed by atoms with van der Waals surface area (Å²) < 4.78 is 0. The number of nitrogens with one attached hydrogen (secondary N) is 1. The molecule has 3 rings (SSSR count). The predicted octanol–water partition coefficient (Wildman–Crippen LogP) is 2.45. The molecule has 1 fully saturated rings. The molecule has 20 heavy (non-hydrogen) atoms. The summed E-state index contributed by atoms with van der Waals surface area (Å²) >= 11 is 0. The third kappa shape index (κ3) is 2.61. The van der Waals surface area contributed by atoms with Crippen LogP contribution in [0.25, 0.3) is 11.0 Å². The molecule has 4 nitrogen and oxygen atoms in total. The highest BCUT2D eigenvalue weighted by Gasteiger charge is 2.29. The van der Waals surface area contributed by atoms with Crippen LogP contribution < -0.4 is 10.2 Å². The first-order valence-corrected chi connectivity index (χ1v) is 7.24.